The van der Waals surface area contributed by atoms with Crippen molar-refractivity contribution < 1.29 is 0 Å². The van der Waals surface area contributed by atoms with E-state index in [-0.39, 0.29) is 5.54 Å². The second-order valence-electron chi connectivity index (χ2n) is 8.41. The van der Waals surface area contributed by atoms with Gasteiger partial charge in [-0.05, 0) is 18.3 Å². The maximum atomic E-state index is 6.62. The first-order valence-electron chi connectivity index (χ1n) is 10.7. The predicted octanol–water partition coefficient (Wildman–Crippen LogP) is 7.48. The number of rotatable bonds is 16. The Kier molecular flexibility index (Phi) is 14.3. The van der Waals surface area contributed by atoms with Gasteiger partial charge in [-0.15, -0.1) is 0 Å². The Morgan fingerprint density at radius 2 is 0.870 bits per heavy atom. The van der Waals surface area contributed by atoms with Crippen LogP contribution in [-0.4, -0.2) is 5.54 Å². The third-order valence-electron chi connectivity index (χ3n) is 5.86. The second kappa shape index (κ2) is 14.3. The molecule has 0 aliphatic heterocycles. The van der Waals surface area contributed by atoms with Crippen LogP contribution in [0.5, 0.6) is 0 Å². The van der Waals surface area contributed by atoms with Crippen molar-refractivity contribution in [3.8, 4) is 0 Å². The molecule has 0 fully saturated rings. The smallest absolute Gasteiger partial charge is 0.0200 e. The maximum Gasteiger partial charge on any atom is 0.0200 e. The van der Waals surface area contributed by atoms with Crippen LogP contribution in [0.15, 0.2) is 0 Å². The molecule has 23 heavy (non-hydrogen) atoms. The normalized spacial score (nSPS) is 12.5. The summed E-state index contributed by atoms with van der Waals surface area (Å²) in [5.74, 6) is 1.17. The number of hydrogen-bond donors (Lipinski definition) is 1. The Hall–Kier alpha value is -0.0400. The molecule has 0 rings (SSSR count). The van der Waals surface area contributed by atoms with E-state index in [0.29, 0.717) is 11.8 Å². The Morgan fingerprint density at radius 3 is 1.17 bits per heavy atom. The van der Waals surface area contributed by atoms with Crippen molar-refractivity contribution >= 4 is 0 Å². The van der Waals surface area contributed by atoms with Crippen LogP contribution in [0.1, 0.15) is 125 Å². The average Bonchev–Trinajstić information content (AvgIpc) is 2.51. The average molecular weight is 326 g/mol. The molecule has 1 nitrogen and oxygen atoms in total. The fourth-order valence-electron chi connectivity index (χ4n) is 3.69. The highest BCUT2D eigenvalue weighted by molar-refractivity contribution is 4.90. The summed E-state index contributed by atoms with van der Waals surface area (Å²) in [6.07, 6.45) is 19.7. The largest absolute Gasteiger partial charge is 0.325 e. The predicted molar refractivity (Wildman–Crippen MR) is 107 cm³/mol. The van der Waals surface area contributed by atoms with Crippen LogP contribution < -0.4 is 5.73 Å². The molecule has 0 aromatic carbocycles. The zero-order valence-corrected chi connectivity index (χ0v) is 17.1. The van der Waals surface area contributed by atoms with Crippen molar-refractivity contribution in [2.45, 2.75) is 130 Å². The molecule has 0 aliphatic carbocycles. The molecule has 0 aromatic heterocycles. The summed E-state index contributed by atoms with van der Waals surface area (Å²) in [5, 5.41) is 0. The van der Waals surface area contributed by atoms with E-state index in [4.69, 9.17) is 5.73 Å². The lowest BCUT2D eigenvalue weighted by Crippen LogP contribution is -2.49. The molecule has 0 bridgehead atoms. The molecule has 2 N–H and O–H groups in total. The summed E-state index contributed by atoms with van der Waals surface area (Å²) in [7, 11) is 0. The van der Waals surface area contributed by atoms with Crippen LogP contribution in [0.3, 0.4) is 0 Å². The molecule has 0 unspecified atom stereocenters. The quantitative estimate of drug-likeness (QED) is 0.292. The van der Waals surface area contributed by atoms with Gasteiger partial charge in [-0.25, -0.2) is 0 Å². The van der Waals surface area contributed by atoms with Gasteiger partial charge in [-0.3, -0.25) is 0 Å². The molecule has 1 heteroatoms. The van der Waals surface area contributed by atoms with E-state index < -0.39 is 0 Å². The Morgan fingerprint density at radius 1 is 0.565 bits per heavy atom. The summed E-state index contributed by atoms with van der Waals surface area (Å²) < 4.78 is 0. The summed E-state index contributed by atoms with van der Waals surface area (Å²) >= 11 is 0. The van der Waals surface area contributed by atoms with E-state index in [1.165, 1.54) is 89.9 Å². The van der Waals surface area contributed by atoms with Crippen molar-refractivity contribution in [1.82, 2.24) is 0 Å². The van der Waals surface area contributed by atoms with Gasteiger partial charge in [0.2, 0.25) is 0 Å². The number of hydrogen-bond acceptors (Lipinski definition) is 1. The standard InChI is InChI=1S/C22H47N/c1-6-7-8-9-10-11-12-13-14-15-16-17-18-19-22(23,20(2)3)21(4)5/h20-21H,6-19,23H2,1-5H3. The number of unbranched alkanes of at least 4 members (excludes halogenated alkanes) is 12. The van der Waals surface area contributed by atoms with E-state index in [1.807, 2.05) is 0 Å². The van der Waals surface area contributed by atoms with Crippen molar-refractivity contribution in [2.75, 3.05) is 0 Å². The summed E-state index contributed by atoms with van der Waals surface area (Å²) in [6.45, 7) is 11.4. The first-order valence-corrected chi connectivity index (χ1v) is 10.7. The monoisotopic (exact) mass is 325 g/mol. The van der Waals surface area contributed by atoms with Gasteiger partial charge in [0, 0.05) is 5.54 Å². The van der Waals surface area contributed by atoms with Gasteiger partial charge in [0.25, 0.3) is 0 Å². The summed E-state index contributed by atoms with van der Waals surface area (Å²) in [5.41, 5.74) is 6.66. The van der Waals surface area contributed by atoms with E-state index in [9.17, 15) is 0 Å². The molecule has 0 heterocycles. The molecule has 0 atom stereocenters. The molecule has 140 valence electrons. The first-order chi connectivity index (χ1) is 10.9. The van der Waals surface area contributed by atoms with Gasteiger partial charge in [0.1, 0.15) is 0 Å². The molecule has 0 radical (unpaired) electrons. The highest BCUT2D eigenvalue weighted by atomic mass is 14.8. The van der Waals surface area contributed by atoms with Crippen molar-refractivity contribution in [3.63, 3.8) is 0 Å². The van der Waals surface area contributed by atoms with Crippen LogP contribution in [0, 0.1) is 11.8 Å². The van der Waals surface area contributed by atoms with Crippen LogP contribution in [0.2, 0.25) is 0 Å². The molecular formula is C22H47N. The lowest BCUT2D eigenvalue weighted by atomic mass is 9.74. The van der Waals surface area contributed by atoms with Gasteiger partial charge in [-0.2, -0.15) is 0 Å². The van der Waals surface area contributed by atoms with Crippen LogP contribution in [0.25, 0.3) is 0 Å². The summed E-state index contributed by atoms with van der Waals surface area (Å²) in [6, 6.07) is 0. The van der Waals surface area contributed by atoms with Gasteiger partial charge >= 0.3 is 0 Å². The molecule has 0 saturated heterocycles. The van der Waals surface area contributed by atoms with E-state index in [2.05, 4.69) is 34.6 Å². The van der Waals surface area contributed by atoms with Crippen LogP contribution in [0.4, 0.5) is 0 Å². The molecular weight excluding hydrogens is 278 g/mol. The van der Waals surface area contributed by atoms with Gasteiger partial charge in [-0.1, -0.05) is 118 Å². The fraction of sp³-hybridized carbons (Fsp3) is 1.00. The van der Waals surface area contributed by atoms with Crippen molar-refractivity contribution in [1.29, 1.82) is 0 Å². The van der Waals surface area contributed by atoms with Crippen LogP contribution in [-0.2, 0) is 0 Å². The molecule has 0 aromatic rings. The second-order valence-corrected chi connectivity index (χ2v) is 8.41. The molecule has 0 aliphatic rings. The topological polar surface area (TPSA) is 26.0 Å². The summed E-state index contributed by atoms with van der Waals surface area (Å²) in [4.78, 5) is 0. The Bertz CT molecular complexity index is 236. The molecule has 0 spiro atoms. The van der Waals surface area contributed by atoms with Crippen molar-refractivity contribution in [2.24, 2.45) is 17.6 Å². The van der Waals surface area contributed by atoms with E-state index in [0.717, 1.165) is 0 Å². The third kappa shape index (κ3) is 11.2. The van der Waals surface area contributed by atoms with Crippen LogP contribution >= 0.6 is 0 Å². The maximum absolute atomic E-state index is 6.62. The minimum Gasteiger partial charge on any atom is -0.325 e. The minimum absolute atomic E-state index is 0.0395. The fourth-order valence-corrected chi connectivity index (χ4v) is 3.69. The molecule has 0 amide bonds. The zero-order valence-electron chi connectivity index (χ0n) is 17.1. The lowest BCUT2D eigenvalue weighted by Gasteiger charge is -2.38. The van der Waals surface area contributed by atoms with Gasteiger partial charge < -0.3 is 5.73 Å². The van der Waals surface area contributed by atoms with Crippen molar-refractivity contribution in [3.05, 3.63) is 0 Å². The van der Waals surface area contributed by atoms with Gasteiger partial charge in [0.05, 0.1) is 0 Å². The highest BCUT2D eigenvalue weighted by Crippen LogP contribution is 2.29. The molecule has 0 saturated carbocycles. The first kappa shape index (κ1) is 23.0. The van der Waals surface area contributed by atoms with E-state index >= 15 is 0 Å². The zero-order chi connectivity index (χ0) is 17.6. The van der Waals surface area contributed by atoms with E-state index in [1.54, 1.807) is 0 Å². The lowest BCUT2D eigenvalue weighted by molar-refractivity contribution is 0.201. The Balaban J connectivity index is 3.40. The van der Waals surface area contributed by atoms with Gasteiger partial charge in [0.15, 0.2) is 0 Å². The Labute approximate surface area is 148 Å². The highest BCUT2D eigenvalue weighted by Gasteiger charge is 2.31. The minimum atomic E-state index is 0.0395. The SMILES string of the molecule is CCCCCCCCCCCCCCCC(N)(C(C)C)C(C)C. The number of nitrogens with two attached hydrogens (primary N) is 1. The third-order valence-corrected chi connectivity index (χ3v) is 5.86.